The van der Waals surface area contributed by atoms with Crippen LogP contribution in [0, 0.1) is 0 Å². The van der Waals surface area contributed by atoms with Crippen LogP contribution in [0.5, 0.6) is 0 Å². The van der Waals surface area contributed by atoms with Crippen molar-refractivity contribution in [3.8, 4) is 0 Å². The Hall–Kier alpha value is -2.44. The number of allylic oxidation sites excluding steroid dienone is 9. The lowest BCUT2D eigenvalue weighted by Crippen LogP contribution is -2.46. The van der Waals surface area contributed by atoms with Crippen molar-refractivity contribution in [2.24, 2.45) is 0 Å². The summed E-state index contributed by atoms with van der Waals surface area (Å²) in [6.07, 6.45) is 60.1. The molecule has 0 rings (SSSR count). The fourth-order valence-corrected chi connectivity index (χ4v) is 7.69. The summed E-state index contributed by atoms with van der Waals surface area (Å²) in [4.78, 5) is 26.1. The molecule has 3 N–H and O–H groups in total. The van der Waals surface area contributed by atoms with E-state index < -0.39 is 18.2 Å². The van der Waals surface area contributed by atoms with Gasteiger partial charge in [-0.15, -0.1) is 0 Å². The Bertz CT molecular complexity index is 1090. The second kappa shape index (κ2) is 48.6. The first-order valence-corrected chi connectivity index (χ1v) is 26.0. The zero-order valence-corrected chi connectivity index (χ0v) is 40.3. The van der Waals surface area contributed by atoms with Gasteiger partial charge in [0.05, 0.1) is 25.2 Å². The van der Waals surface area contributed by atoms with Gasteiger partial charge in [-0.25, -0.2) is 0 Å². The number of hydrogen-bond donors (Lipinski definition) is 3. The minimum absolute atomic E-state index is 0.000727. The maximum Gasteiger partial charge on any atom is 0.306 e. The average Bonchev–Trinajstić information content (AvgIpc) is 3.25. The van der Waals surface area contributed by atoms with Crippen molar-refractivity contribution < 1.29 is 24.5 Å². The summed E-state index contributed by atoms with van der Waals surface area (Å²) >= 11 is 0. The molecule has 1 amide bonds. The van der Waals surface area contributed by atoms with Crippen LogP contribution in [0.25, 0.3) is 0 Å². The van der Waals surface area contributed by atoms with Gasteiger partial charge in [-0.2, -0.15) is 0 Å². The lowest BCUT2D eigenvalue weighted by Gasteiger charge is -2.24. The van der Waals surface area contributed by atoms with Gasteiger partial charge in [0, 0.05) is 12.8 Å². The van der Waals surface area contributed by atoms with Crippen LogP contribution in [0.1, 0.15) is 252 Å². The zero-order chi connectivity index (χ0) is 44.5. The maximum absolute atomic E-state index is 13.2. The highest BCUT2D eigenvalue weighted by Gasteiger charge is 2.23. The topological polar surface area (TPSA) is 95.9 Å². The standard InChI is InChI=1S/C55H99NO5/c1-4-7-10-13-16-19-22-25-27-29-31-34-37-40-43-46-51(61-55(60)48-45-42-39-36-33-30-28-26-23-20-17-14-11-8-5-2)49-54(59)56-52(50-57)53(58)47-44-41-38-35-32-24-21-18-15-12-9-6-3/h7,10,16,19,25,27,31,34,40,43,51-53,57-58H,4-6,8-9,11-15,17-18,20-24,26,28-30,32-33,35-39,41-42,44-50H2,1-3H3,(H,56,59)/b10-7-,19-16-,27-25-,34-31-,43-40-. The molecule has 61 heavy (non-hydrogen) atoms. The van der Waals surface area contributed by atoms with E-state index in [1.807, 2.05) is 6.08 Å². The highest BCUT2D eigenvalue weighted by molar-refractivity contribution is 5.77. The number of aliphatic hydroxyl groups excluding tert-OH is 2. The van der Waals surface area contributed by atoms with Crippen molar-refractivity contribution in [2.75, 3.05) is 6.61 Å². The van der Waals surface area contributed by atoms with Crippen LogP contribution in [0.3, 0.4) is 0 Å². The number of nitrogens with one attached hydrogen (secondary N) is 1. The van der Waals surface area contributed by atoms with Crippen LogP contribution >= 0.6 is 0 Å². The molecular formula is C55H99NO5. The Kier molecular flexibility index (Phi) is 46.6. The van der Waals surface area contributed by atoms with E-state index >= 15 is 0 Å². The first-order valence-electron chi connectivity index (χ1n) is 26.0. The van der Waals surface area contributed by atoms with Crippen LogP contribution in [0.2, 0.25) is 0 Å². The normalized spacial score (nSPS) is 13.7. The highest BCUT2D eigenvalue weighted by atomic mass is 16.5. The molecule has 0 aromatic heterocycles. The summed E-state index contributed by atoms with van der Waals surface area (Å²) in [6, 6.07) is -0.731. The molecule has 6 heteroatoms. The Morgan fingerprint density at radius 3 is 1.25 bits per heavy atom. The van der Waals surface area contributed by atoms with E-state index in [2.05, 4.69) is 80.8 Å². The number of carbonyl (C=O) groups excluding carboxylic acids is 2. The number of hydrogen-bond acceptors (Lipinski definition) is 5. The molecule has 0 bridgehead atoms. The summed E-state index contributed by atoms with van der Waals surface area (Å²) in [7, 11) is 0. The van der Waals surface area contributed by atoms with E-state index in [1.165, 1.54) is 135 Å². The second-order valence-electron chi connectivity index (χ2n) is 17.6. The van der Waals surface area contributed by atoms with Gasteiger partial charge in [-0.3, -0.25) is 9.59 Å². The number of unbranched alkanes of at least 4 members (excludes halogenated alkanes) is 25. The first kappa shape index (κ1) is 58.6. The molecule has 0 radical (unpaired) electrons. The third-order valence-corrected chi connectivity index (χ3v) is 11.6. The second-order valence-corrected chi connectivity index (χ2v) is 17.6. The molecule has 0 saturated heterocycles. The number of esters is 1. The van der Waals surface area contributed by atoms with Crippen molar-refractivity contribution in [1.82, 2.24) is 5.32 Å². The molecule has 0 spiro atoms. The predicted octanol–water partition coefficient (Wildman–Crippen LogP) is 15.6. The quantitative estimate of drug-likeness (QED) is 0.0322. The molecule has 3 atom stereocenters. The summed E-state index contributed by atoms with van der Waals surface area (Å²) in [6.45, 7) is 6.35. The summed E-state index contributed by atoms with van der Waals surface area (Å²) in [5, 5.41) is 23.7. The van der Waals surface area contributed by atoms with E-state index in [0.29, 0.717) is 19.3 Å². The van der Waals surface area contributed by atoms with Gasteiger partial charge >= 0.3 is 5.97 Å². The highest BCUT2D eigenvalue weighted by Crippen LogP contribution is 2.17. The minimum atomic E-state index is -0.811. The first-order chi connectivity index (χ1) is 30.0. The molecule has 354 valence electrons. The Labute approximate surface area is 378 Å². The number of rotatable bonds is 46. The zero-order valence-electron chi connectivity index (χ0n) is 40.3. The molecule has 0 fully saturated rings. The van der Waals surface area contributed by atoms with Gasteiger partial charge < -0.3 is 20.3 Å². The Morgan fingerprint density at radius 2 is 0.852 bits per heavy atom. The fourth-order valence-electron chi connectivity index (χ4n) is 7.69. The molecular weight excluding hydrogens is 755 g/mol. The maximum atomic E-state index is 13.2. The SMILES string of the molecule is CC/C=C\C/C=C\C/C=C\C/C=C\C/C=C\CC(CC(=O)NC(CO)C(O)CCCCCCCCCCCCCC)OC(=O)CCCCCCCCCCCCCCCCC. The van der Waals surface area contributed by atoms with Crippen LogP contribution in [-0.4, -0.2) is 46.9 Å². The van der Waals surface area contributed by atoms with Gasteiger partial charge in [0.2, 0.25) is 5.91 Å². The van der Waals surface area contributed by atoms with E-state index in [0.717, 1.165) is 70.6 Å². The molecule has 0 aliphatic carbocycles. The minimum Gasteiger partial charge on any atom is -0.461 e. The molecule has 0 heterocycles. The van der Waals surface area contributed by atoms with Crippen molar-refractivity contribution in [3.63, 3.8) is 0 Å². The van der Waals surface area contributed by atoms with Crippen molar-refractivity contribution in [3.05, 3.63) is 60.8 Å². The van der Waals surface area contributed by atoms with E-state index in [4.69, 9.17) is 4.74 Å². The monoisotopic (exact) mass is 854 g/mol. The van der Waals surface area contributed by atoms with Gasteiger partial charge in [0.15, 0.2) is 0 Å². The van der Waals surface area contributed by atoms with Crippen LogP contribution in [-0.2, 0) is 14.3 Å². The van der Waals surface area contributed by atoms with Crippen molar-refractivity contribution in [2.45, 2.75) is 270 Å². The van der Waals surface area contributed by atoms with Crippen LogP contribution in [0.4, 0.5) is 0 Å². The number of aliphatic hydroxyl groups is 2. The molecule has 3 unspecified atom stereocenters. The third kappa shape index (κ3) is 44.0. The van der Waals surface area contributed by atoms with E-state index in [-0.39, 0.29) is 24.9 Å². The van der Waals surface area contributed by atoms with Crippen LogP contribution in [0.15, 0.2) is 60.8 Å². The predicted molar refractivity (Wildman–Crippen MR) is 264 cm³/mol. The van der Waals surface area contributed by atoms with Gasteiger partial charge in [0.25, 0.3) is 0 Å². The summed E-state index contributed by atoms with van der Waals surface area (Å²) in [5.74, 6) is -0.574. The number of ether oxygens (including phenoxy) is 1. The number of amides is 1. The Balaban J connectivity index is 4.70. The van der Waals surface area contributed by atoms with Crippen molar-refractivity contribution >= 4 is 11.9 Å². The van der Waals surface area contributed by atoms with Crippen LogP contribution < -0.4 is 5.32 Å². The van der Waals surface area contributed by atoms with Gasteiger partial charge in [-0.05, 0) is 44.9 Å². The van der Waals surface area contributed by atoms with E-state index in [1.54, 1.807) is 0 Å². The summed E-state index contributed by atoms with van der Waals surface area (Å²) in [5.41, 5.74) is 0. The fraction of sp³-hybridized carbons (Fsp3) is 0.782. The lowest BCUT2D eigenvalue weighted by atomic mass is 10.0. The Morgan fingerprint density at radius 1 is 0.492 bits per heavy atom. The van der Waals surface area contributed by atoms with E-state index in [9.17, 15) is 19.8 Å². The molecule has 6 nitrogen and oxygen atoms in total. The molecule has 0 aromatic rings. The molecule has 0 saturated carbocycles. The van der Waals surface area contributed by atoms with Gasteiger partial charge in [0.1, 0.15) is 6.10 Å². The van der Waals surface area contributed by atoms with Crippen molar-refractivity contribution in [1.29, 1.82) is 0 Å². The molecule has 0 aliphatic heterocycles. The lowest BCUT2D eigenvalue weighted by molar-refractivity contribution is -0.150. The van der Waals surface area contributed by atoms with Gasteiger partial charge in [-0.1, -0.05) is 248 Å². The third-order valence-electron chi connectivity index (χ3n) is 11.6. The average molecular weight is 854 g/mol. The smallest absolute Gasteiger partial charge is 0.306 e. The molecule has 0 aromatic carbocycles. The number of carbonyl (C=O) groups is 2. The summed E-state index contributed by atoms with van der Waals surface area (Å²) < 4.78 is 5.87. The molecule has 0 aliphatic rings. The largest absolute Gasteiger partial charge is 0.461 e.